The lowest BCUT2D eigenvalue weighted by Gasteiger charge is -2.25. The van der Waals surface area contributed by atoms with Crippen molar-refractivity contribution in [2.75, 3.05) is 12.4 Å². The molecule has 0 radical (unpaired) electrons. The summed E-state index contributed by atoms with van der Waals surface area (Å²) in [6.07, 6.45) is 5.47. The third-order valence-corrected chi connectivity index (χ3v) is 8.37. The molecule has 0 spiro atoms. The molecule has 42 heavy (non-hydrogen) atoms. The Balaban J connectivity index is 1.49. The fourth-order valence-electron chi connectivity index (χ4n) is 5.39. The molecule has 1 atom stereocenters. The van der Waals surface area contributed by atoms with E-state index < -0.39 is 6.04 Å². The molecule has 8 nitrogen and oxygen atoms in total. The van der Waals surface area contributed by atoms with Crippen molar-refractivity contribution in [3.8, 4) is 11.4 Å². The predicted octanol–water partition coefficient (Wildman–Crippen LogP) is 4.69. The number of hydrogen-bond donors (Lipinski definition) is 1. The average molecular weight is 576 g/mol. The van der Waals surface area contributed by atoms with E-state index in [2.05, 4.69) is 20.9 Å². The van der Waals surface area contributed by atoms with E-state index in [9.17, 15) is 9.59 Å². The highest BCUT2D eigenvalue weighted by Crippen LogP contribution is 2.32. The minimum Gasteiger partial charge on any atom is -0.497 e. The number of carbonyl (C=O) groups is 1. The number of aromatic nitrogens is 3. The zero-order valence-corrected chi connectivity index (χ0v) is 24.5. The molecular formula is C33H29N5O3S. The van der Waals surface area contributed by atoms with Gasteiger partial charge in [0.25, 0.3) is 11.5 Å². The zero-order chi connectivity index (χ0) is 29.4. The summed E-state index contributed by atoms with van der Waals surface area (Å²) in [4.78, 5) is 37.4. The Kier molecular flexibility index (Phi) is 7.18. The first-order valence-electron chi connectivity index (χ1n) is 13.5. The molecule has 5 aromatic rings. The molecule has 6 rings (SSSR count). The molecule has 1 amide bonds. The molecule has 0 bridgehead atoms. The number of anilines is 1. The third-order valence-electron chi connectivity index (χ3n) is 7.39. The lowest BCUT2D eigenvalue weighted by Crippen LogP contribution is -2.40. The molecule has 2 aromatic carbocycles. The number of ether oxygens (including phenoxy) is 1. The predicted molar refractivity (Wildman–Crippen MR) is 165 cm³/mol. The Labute approximate surface area is 246 Å². The Morgan fingerprint density at radius 2 is 1.79 bits per heavy atom. The van der Waals surface area contributed by atoms with Gasteiger partial charge in [0.1, 0.15) is 5.75 Å². The van der Waals surface area contributed by atoms with Gasteiger partial charge < -0.3 is 14.6 Å². The summed E-state index contributed by atoms with van der Waals surface area (Å²) in [6.45, 7) is 5.87. The molecule has 1 aliphatic rings. The van der Waals surface area contributed by atoms with Gasteiger partial charge >= 0.3 is 0 Å². The molecule has 1 N–H and O–H groups in total. The van der Waals surface area contributed by atoms with E-state index in [1.165, 1.54) is 11.3 Å². The highest BCUT2D eigenvalue weighted by molar-refractivity contribution is 7.07. The number of amides is 1. The summed E-state index contributed by atoms with van der Waals surface area (Å²) in [5.74, 6) is 0.378. The van der Waals surface area contributed by atoms with Crippen LogP contribution < -0.4 is 24.9 Å². The first-order valence-corrected chi connectivity index (χ1v) is 14.3. The van der Waals surface area contributed by atoms with Crippen LogP contribution in [0.2, 0.25) is 0 Å². The second kappa shape index (κ2) is 11.1. The van der Waals surface area contributed by atoms with Crippen LogP contribution in [0.25, 0.3) is 11.8 Å². The normalized spacial score (nSPS) is 14.9. The minimum absolute atomic E-state index is 0.205. The van der Waals surface area contributed by atoms with E-state index in [0.29, 0.717) is 32.0 Å². The van der Waals surface area contributed by atoms with Crippen molar-refractivity contribution in [3.05, 3.63) is 139 Å². The van der Waals surface area contributed by atoms with Gasteiger partial charge in [-0.2, -0.15) is 0 Å². The van der Waals surface area contributed by atoms with Gasteiger partial charge in [-0.1, -0.05) is 41.7 Å². The van der Waals surface area contributed by atoms with Gasteiger partial charge in [0.05, 0.1) is 40.8 Å². The average Bonchev–Trinajstić information content (AvgIpc) is 3.46. The third kappa shape index (κ3) is 4.88. The number of aryl methyl sites for hydroxylation is 1. The molecule has 0 aliphatic carbocycles. The smallest absolute Gasteiger partial charge is 0.271 e. The van der Waals surface area contributed by atoms with Crippen LogP contribution in [0, 0.1) is 13.8 Å². The van der Waals surface area contributed by atoms with Crippen LogP contribution in [0.15, 0.2) is 106 Å². The van der Waals surface area contributed by atoms with E-state index in [0.717, 1.165) is 28.2 Å². The number of nitrogens with zero attached hydrogens (tertiary/aromatic N) is 4. The van der Waals surface area contributed by atoms with Gasteiger partial charge in [-0.3, -0.25) is 19.1 Å². The van der Waals surface area contributed by atoms with Crippen LogP contribution in [0.5, 0.6) is 5.75 Å². The topological polar surface area (TPSA) is 90.5 Å². The number of thiazole rings is 1. The second-order valence-corrected chi connectivity index (χ2v) is 11.1. The van der Waals surface area contributed by atoms with Crippen molar-refractivity contribution in [3.63, 3.8) is 0 Å². The Morgan fingerprint density at radius 1 is 1.02 bits per heavy atom. The molecule has 0 saturated carbocycles. The lowest BCUT2D eigenvalue weighted by molar-refractivity contribution is -0.113. The SMILES string of the molecule is COc1ccc([C@H]2C(C(=O)Nc3ccccc3)=C(C)N=c3s/c(=C/c4cc(C)n(-c5cccnc5)c4C)c(=O)n32)cc1. The Morgan fingerprint density at radius 3 is 2.48 bits per heavy atom. The molecule has 0 saturated heterocycles. The van der Waals surface area contributed by atoms with Gasteiger partial charge in [-0.15, -0.1) is 0 Å². The lowest BCUT2D eigenvalue weighted by atomic mass is 9.95. The number of fused-ring (bicyclic) bond motifs is 1. The molecule has 3 aromatic heterocycles. The van der Waals surface area contributed by atoms with Crippen molar-refractivity contribution in [1.82, 2.24) is 14.1 Å². The van der Waals surface area contributed by atoms with Gasteiger partial charge in [0, 0.05) is 23.3 Å². The number of para-hydroxylation sites is 1. The standard InChI is InChI=1S/C33H29N5O3S/c1-20-17-24(22(3)37(20)26-11-8-16-34-19-26)18-28-32(40)38-30(23-12-14-27(41-4)15-13-23)29(21(2)35-33(38)42-28)31(39)36-25-9-6-5-7-10-25/h5-19,30H,1-4H3,(H,36,39)/b28-18+/t30-/m0/s1. The molecule has 210 valence electrons. The van der Waals surface area contributed by atoms with E-state index in [1.54, 1.807) is 17.9 Å². The van der Waals surface area contributed by atoms with Gasteiger partial charge in [-0.05, 0) is 80.4 Å². The van der Waals surface area contributed by atoms with Crippen LogP contribution in [0.4, 0.5) is 5.69 Å². The maximum absolute atomic E-state index is 14.1. The number of allylic oxidation sites excluding steroid dienone is 1. The number of hydrogen-bond acceptors (Lipinski definition) is 6. The fourth-order valence-corrected chi connectivity index (χ4v) is 6.43. The minimum atomic E-state index is -0.666. The Bertz CT molecular complexity index is 2000. The van der Waals surface area contributed by atoms with E-state index >= 15 is 0 Å². The molecule has 4 heterocycles. The maximum atomic E-state index is 14.1. The number of carbonyl (C=O) groups excluding carboxylic acids is 1. The first kappa shape index (κ1) is 27.2. The number of rotatable bonds is 6. The largest absolute Gasteiger partial charge is 0.497 e. The highest BCUT2D eigenvalue weighted by atomic mass is 32.1. The number of methoxy groups -OCH3 is 1. The van der Waals surface area contributed by atoms with Crippen molar-refractivity contribution in [2.45, 2.75) is 26.8 Å². The highest BCUT2D eigenvalue weighted by Gasteiger charge is 2.32. The molecule has 9 heteroatoms. The molecule has 0 fully saturated rings. The van der Waals surface area contributed by atoms with Crippen LogP contribution in [0.1, 0.15) is 35.5 Å². The molecule has 1 aliphatic heterocycles. The van der Waals surface area contributed by atoms with Gasteiger partial charge in [0.15, 0.2) is 4.80 Å². The quantitative estimate of drug-likeness (QED) is 0.318. The molecular weight excluding hydrogens is 546 g/mol. The van der Waals surface area contributed by atoms with Crippen molar-refractivity contribution in [2.24, 2.45) is 4.99 Å². The molecule has 0 unspecified atom stereocenters. The fraction of sp³-hybridized carbons (Fsp3) is 0.152. The number of benzene rings is 2. The summed E-state index contributed by atoms with van der Waals surface area (Å²) in [7, 11) is 1.60. The Hall–Kier alpha value is -5.02. The maximum Gasteiger partial charge on any atom is 0.271 e. The number of nitrogens with one attached hydrogen (secondary N) is 1. The first-order chi connectivity index (χ1) is 20.4. The summed E-state index contributed by atoms with van der Waals surface area (Å²) < 4.78 is 9.65. The van der Waals surface area contributed by atoms with Gasteiger partial charge in [-0.25, -0.2) is 4.99 Å². The summed E-state index contributed by atoms with van der Waals surface area (Å²) in [6, 6.07) is 22.0. The van der Waals surface area contributed by atoms with Crippen molar-refractivity contribution >= 4 is 29.0 Å². The van der Waals surface area contributed by atoms with Gasteiger partial charge in [0.2, 0.25) is 0 Å². The summed E-state index contributed by atoms with van der Waals surface area (Å²) in [5, 5.41) is 2.98. The van der Waals surface area contributed by atoms with Crippen LogP contribution in [0.3, 0.4) is 0 Å². The van der Waals surface area contributed by atoms with Crippen molar-refractivity contribution < 1.29 is 9.53 Å². The van der Waals surface area contributed by atoms with Crippen LogP contribution in [-0.4, -0.2) is 27.1 Å². The zero-order valence-electron chi connectivity index (χ0n) is 23.7. The van der Waals surface area contributed by atoms with E-state index in [-0.39, 0.29) is 11.5 Å². The van der Waals surface area contributed by atoms with E-state index in [1.807, 2.05) is 99.8 Å². The van der Waals surface area contributed by atoms with Crippen molar-refractivity contribution in [1.29, 1.82) is 0 Å². The second-order valence-electron chi connectivity index (χ2n) is 10.0. The monoisotopic (exact) mass is 575 g/mol. The van der Waals surface area contributed by atoms with E-state index in [4.69, 9.17) is 9.73 Å². The van der Waals surface area contributed by atoms with Crippen LogP contribution >= 0.6 is 11.3 Å². The number of pyridine rings is 1. The summed E-state index contributed by atoms with van der Waals surface area (Å²) >= 11 is 1.32. The van der Waals surface area contributed by atoms with Crippen LogP contribution in [-0.2, 0) is 4.79 Å². The summed E-state index contributed by atoms with van der Waals surface area (Å²) in [5.41, 5.74) is 6.14.